The van der Waals surface area contributed by atoms with E-state index in [4.69, 9.17) is 16.5 Å². The van der Waals surface area contributed by atoms with E-state index in [-0.39, 0.29) is 24.9 Å². The first-order valence-electron chi connectivity index (χ1n) is 11.0. The van der Waals surface area contributed by atoms with Crippen molar-refractivity contribution in [1.82, 2.24) is 15.3 Å². The van der Waals surface area contributed by atoms with Crippen molar-refractivity contribution >= 4 is 39.0 Å². The van der Waals surface area contributed by atoms with Crippen molar-refractivity contribution in [3.63, 3.8) is 0 Å². The summed E-state index contributed by atoms with van der Waals surface area (Å²) < 4.78 is 26.5. The van der Waals surface area contributed by atoms with Crippen molar-refractivity contribution in [2.45, 2.75) is 50.6 Å². The van der Waals surface area contributed by atoms with Crippen LogP contribution in [-0.2, 0) is 12.8 Å². The van der Waals surface area contributed by atoms with Gasteiger partial charge in [0.05, 0.1) is 11.2 Å². The summed E-state index contributed by atoms with van der Waals surface area (Å²) in [6, 6.07) is 7.60. The third-order valence-corrected chi connectivity index (χ3v) is 7.73. The molecule has 1 amide bonds. The van der Waals surface area contributed by atoms with E-state index in [0.29, 0.717) is 35.8 Å². The number of carbonyl (C=O) groups is 1. The number of fused-ring (bicyclic) bond motifs is 2. The van der Waals surface area contributed by atoms with Gasteiger partial charge in [-0.25, -0.2) is 18.7 Å². The molecule has 174 valence electrons. The first kappa shape index (κ1) is 22.0. The van der Waals surface area contributed by atoms with Gasteiger partial charge in [0.2, 0.25) is 0 Å². The molecule has 0 saturated carbocycles. The van der Waals surface area contributed by atoms with Gasteiger partial charge in [0.15, 0.2) is 0 Å². The van der Waals surface area contributed by atoms with Crippen molar-refractivity contribution < 1.29 is 13.6 Å². The average Bonchev–Trinajstić information content (AvgIpc) is 3.34. The number of aryl methyl sites for hydroxylation is 2. The maximum absolute atomic E-state index is 13.2. The summed E-state index contributed by atoms with van der Waals surface area (Å²) in [4.78, 5) is 25.2. The van der Waals surface area contributed by atoms with Crippen molar-refractivity contribution in [3.05, 3.63) is 46.1 Å². The topological polar surface area (TPSA) is 110 Å². The number of halogens is 2. The monoisotopic (exact) mass is 472 g/mol. The number of thiophene rings is 1. The van der Waals surface area contributed by atoms with Crippen LogP contribution in [0.4, 0.5) is 20.3 Å². The summed E-state index contributed by atoms with van der Waals surface area (Å²) in [6.07, 6.45) is -0.205. The molecular formula is C23H26F2N6OS. The number of hydrogen-bond acceptors (Lipinski definition) is 7. The molecule has 5 N–H and O–H groups in total. The second kappa shape index (κ2) is 8.18. The largest absolute Gasteiger partial charge is 0.397 e. The molecule has 2 atom stereocenters. The van der Waals surface area contributed by atoms with Crippen LogP contribution in [0.2, 0.25) is 0 Å². The standard InChI is InChI=1S/C23H26F2N6OS/c1-12-2-5-15-18(26)19(33-21(15)28-12)20(32)29-14-4-6-16-13(10-14)3-7-17(30-16)31-9-8-23(27,11-31)22(24)25/h2-3,5,7,14,22H,4,6,8-11,26-27H2,1H3,(H,29,32)/t14-,23+/m0/s1. The number of rotatable bonds is 4. The fourth-order valence-corrected chi connectivity index (χ4v) is 5.68. The van der Waals surface area contributed by atoms with Gasteiger partial charge in [-0.3, -0.25) is 4.79 Å². The molecule has 10 heteroatoms. The molecule has 1 fully saturated rings. The van der Waals surface area contributed by atoms with Crippen molar-refractivity contribution in [3.8, 4) is 0 Å². The number of pyridine rings is 2. The van der Waals surface area contributed by atoms with Gasteiger partial charge in [-0.15, -0.1) is 11.3 Å². The molecular weight excluding hydrogens is 446 g/mol. The SMILES string of the molecule is Cc1ccc2c(N)c(C(=O)N[C@H]3CCc4nc(N5CC[C@](N)(C(F)F)C5)ccc4C3)sc2n1. The highest BCUT2D eigenvalue weighted by atomic mass is 32.1. The van der Waals surface area contributed by atoms with Crippen LogP contribution in [0.15, 0.2) is 24.3 Å². The predicted octanol–water partition coefficient (Wildman–Crippen LogP) is 3.04. The highest BCUT2D eigenvalue weighted by Crippen LogP contribution is 2.33. The van der Waals surface area contributed by atoms with Crippen LogP contribution in [0.5, 0.6) is 0 Å². The summed E-state index contributed by atoms with van der Waals surface area (Å²) in [6.45, 7) is 2.47. The van der Waals surface area contributed by atoms with Crippen LogP contribution in [0.1, 0.15) is 39.5 Å². The van der Waals surface area contributed by atoms with Gasteiger partial charge >= 0.3 is 0 Å². The number of carbonyl (C=O) groups excluding carboxylic acids is 1. The number of hydrogen-bond donors (Lipinski definition) is 3. The number of alkyl halides is 2. The van der Waals surface area contributed by atoms with E-state index < -0.39 is 12.0 Å². The van der Waals surface area contributed by atoms with E-state index in [2.05, 4.69) is 10.3 Å². The number of aromatic nitrogens is 2. The molecule has 7 nitrogen and oxygen atoms in total. The third-order valence-electron chi connectivity index (χ3n) is 6.62. The second-order valence-corrected chi connectivity index (χ2v) is 10.0. The first-order chi connectivity index (χ1) is 15.7. The third kappa shape index (κ3) is 4.02. The van der Waals surface area contributed by atoms with Crippen LogP contribution in [0.3, 0.4) is 0 Å². The molecule has 0 spiro atoms. The molecule has 2 aliphatic rings. The van der Waals surface area contributed by atoms with Gasteiger partial charge in [-0.2, -0.15) is 0 Å². The lowest BCUT2D eigenvalue weighted by molar-refractivity contribution is 0.0655. The van der Waals surface area contributed by atoms with Gasteiger partial charge in [-0.1, -0.05) is 6.07 Å². The lowest BCUT2D eigenvalue weighted by atomic mass is 9.91. The van der Waals surface area contributed by atoms with Gasteiger partial charge < -0.3 is 21.7 Å². The summed E-state index contributed by atoms with van der Waals surface area (Å²) in [5.74, 6) is 0.500. The fraction of sp³-hybridized carbons (Fsp3) is 0.435. The van der Waals surface area contributed by atoms with Crippen LogP contribution in [0.25, 0.3) is 10.2 Å². The zero-order chi connectivity index (χ0) is 23.3. The number of nitrogens with one attached hydrogen (secondary N) is 1. The molecule has 0 aromatic carbocycles. The number of nitrogens with zero attached hydrogens (tertiary/aromatic N) is 3. The van der Waals surface area contributed by atoms with E-state index in [1.165, 1.54) is 11.3 Å². The van der Waals surface area contributed by atoms with Gasteiger partial charge in [0.25, 0.3) is 12.3 Å². The average molecular weight is 473 g/mol. The summed E-state index contributed by atoms with van der Waals surface area (Å²) in [7, 11) is 0. The Balaban J connectivity index is 1.27. The Morgan fingerprint density at radius 1 is 1.30 bits per heavy atom. The normalized spacial score (nSPS) is 22.7. The predicted molar refractivity (Wildman–Crippen MR) is 126 cm³/mol. The first-order valence-corrected chi connectivity index (χ1v) is 11.8. The Morgan fingerprint density at radius 2 is 2.12 bits per heavy atom. The molecule has 3 aromatic heterocycles. The lowest BCUT2D eigenvalue weighted by Gasteiger charge is -2.27. The van der Waals surface area contributed by atoms with E-state index in [1.54, 1.807) is 0 Å². The van der Waals surface area contributed by atoms with Gasteiger partial charge in [-0.05, 0) is 56.4 Å². The highest BCUT2D eigenvalue weighted by Gasteiger charge is 2.43. The number of nitrogens with two attached hydrogens (primary N) is 2. The molecule has 5 rings (SSSR count). The maximum Gasteiger partial charge on any atom is 0.263 e. The molecule has 3 aromatic rings. The zero-order valence-corrected chi connectivity index (χ0v) is 19.1. The van der Waals surface area contributed by atoms with Gasteiger partial charge in [0.1, 0.15) is 15.5 Å². The van der Waals surface area contributed by atoms with Crippen LogP contribution >= 0.6 is 11.3 Å². The van der Waals surface area contributed by atoms with E-state index in [9.17, 15) is 13.6 Å². The molecule has 33 heavy (non-hydrogen) atoms. The van der Waals surface area contributed by atoms with E-state index in [1.807, 2.05) is 36.1 Å². The number of amides is 1. The Bertz CT molecular complexity index is 1230. The molecule has 0 bridgehead atoms. The molecule has 0 radical (unpaired) electrons. The maximum atomic E-state index is 13.2. The summed E-state index contributed by atoms with van der Waals surface area (Å²) in [5, 5.41) is 3.91. The molecule has 1 aliphatic heterocycles. The van der Waals surface area contributed by atoms with Gasteiger partial charge in [0, 0.05) is 35.9 Å². The number of anilines is 2. The molecule has 4 heterocycles. The van der Waals surface area contributed by atoms with Crippen molar-refractivity contribution in [1.29, 1.82) is 0 Å². The zero-order valence-electron chi connectivity index (χ0n) is 18.3. The Labute approximate surface area is 194 Å². The summed E-state index contributed by atoms with van der Waals surface area (Å²) in [5.41, 5.74) is 14.0. The Kier molecular flexibility index (Phi) is 5.44. The van der Waals surface area contributed by atoms with Crippen LogP contribution in [0, 0.1) is 6.92 Å². The van der Waals surface area contributed by atoms with E-state index in [0.717, 1.165) is 33.6 Å². The van der Waals surface area contributed by atoms with Crippen molar-refractivity contribution in [2.75, 3.05) is 23.7 Å². The Morgan fingerprint density at radius 3 is 2.88 bits per heavy atom. The number of nitrogen functional groups attached to an aromatic ring is 1. The minimum absolute atomic E-state index is 0.0285. The lowest BCUT2D eigenvalue weighted by Crippen LogP contribution is -2.49. The smallest absolute Gasteiger partial charge is 0.263 e. The molecule has 0 unspecified atom stereocenters. The van der Waals surface area contributed by atoms with Crippen molar-refractivity contribution in [2.24, 2.45) is 5.73 Å². The van der Waals surface area contributed by atoms with Crippen LogP contribution < -0.4 is 21.7 Å². The fourth-order valence-electron chi connectivity index (χ4n) is 4.64. The second-order valence-electron chi connectivity index (χ2n) is 9.04. The molecule has 1 aliphatic carbocycles. The highest BCUT2D eigenvalue weighted by molar-refractivity contribution is 7.21. The summed E-state index contributed by atoms with van der Waals surface area (Å²) >= 11 is 1.31. The quantitative estimate of drug-likeness (QED) is 0.538. The minimum Gasteiger partial charge on any atom is -0.397 e. The van der Waals surface area contributed by atoms with E-state index >= 15 is 0 Å². The minimum atomic E-state index is -2.56. The van der Waals surface area contributed by atoms with Crippen LogP contribution in [-0.4, -0.2) is 47.0 Å². The molecule has 1 saturated heterocycles. The Hall–Kier alpha value is -2.85.